The van der Waals surface area contributed by atoms with E-state index in [4.69, 9.17) is 4.74 Å². The molecule has 0 radical (unpaired) electrons. The molecule has 0 spiro atoms. The second-order valence-electron chi connectivity index (χ2n) is 8.58. The maximum Gasteiger partial charge on any atom is 0.246 e. The van der Waals surface area contributed by atoms with Gasteiger partial charge in [0.15, 0.2) is 0 Å². The topological polar surface area (TPSA) is 104 Å². The van der Waals surface area contributed by atoms with Gasteiger partial charge in [-0.1, -0.05) is 6.58 Å². The summed E-state index contributed by atoms with van der Waals surface area (Å²) in [6.07, 6.45) is 5.85. The molecule has 3 aromatic rings. The van der Waals surface area contributed by atoms with Crippen LogP contribution in [0.4, 0.5) is 16.0 Å². The quantitative estimate of drug-likeness (QED) is 0.551. The average Bonchev–Trinajstić information content (AvgIpc) is 3.56. The van der Waals surface area contributed by atoms with E-state index in [0.29, 0.717) is 29.6 Å². The predicted octanol–water partition coefficient (Wildman–Crippen LogP) is 2.28. The number of amides is 1. The van der Waals surface area contributed by atoms with Gasteiger partial charge in [0.05, 0.1) is 29.9 Å². The van der Waals surface area contributed by atoms with Crippen LogP contribution in [0.5, 0.6) is 5.88 Å². The molecule has 0 saturated carbocycles. The Morgan fingerprint density at radius 2 is 2.21 bits per heavy atom. The van der Waals surface area contributed by atoms with Crippen LogP contribution in [0, 0.1) is 0 Å². The summed E-state index contributed by atoms with van der Waals surface area (Å²) in [4.78, 5) is 27.9. The van der Waals surface area contributed by atoms with Crippen LogP contribution in [0.1, 0.15) is 18.9 Å². The third kappa shape index (κ3) is 4.40. The van der Waals surface area contributed by atoms with E-state index in [1.807, 2.05) is 10.9 Å². The highest BCUT2D eigenvalue weighted by atomic mass is 19.1. The Morgan fingerprint density at radius 1 is 1.33 bits per heavy atom. The van der Waals surface area contributed by atoms with Gasteiger partial charge in [0.2, 0.25) is 17.7 Å². The number of piperidine rings is 1. The maximum absolute atomic E-state index is 14.7. The van der Waals surface area contributed by atoms with Crippen molar-refractivity contribution in [1.29, 1.82) is 0 Å². The standard InChI is InChI=1S/C22H27FN8O2/c1-3-19(32)30-9-6-17(23)18(13-30)33-21-16-4-7-24-20(16)27-22(28-21)26-14-10-25-31(11-14)15-5-8-29(2)12-15/h3-4,7,10-11,15,17-18H,1,5-6,8-9,12-13H2,2H3,(H2,24,26,27,28)/t15-,17-,18+/m1/s1. The number of hydrogen-bond donors (Lipinski definition) is 2. The number of alkyl halides is 1. The summed E-state index contributed by atoms with van der Waals surface area (Å²) in [5.41, 5.74) is 1.32. The zero-order valence-corrected chi connectivity index (χ0v) is 18.4. The molecule has 174 valence electrons. The van der Waals surface area contributed by atoms with E-state index in [9.17, 15) is 9.18 Å². The number of hydrogen-bond acceptors (Lipinski definition) is 7. The van der Waals surface area contributed by atoms with Gasteiger partial charge in [-0.3, -0.25) is 9.48 Å². The number of aromatic nitrogens is 5. The average molecular weight is 455 g/mol. The van der Waals surface area contributed by atoms with Gasteiger partial charge in [-0.25, -0.2) is 4.39 Å². The summed E-state index contributed by atoms with van der Waals surface area (Å²) < 4.78 is 22.6. The lowest BCUT2D eigenvalue weighted by atomic mass is 10.1. The monoisotopic (exact) mass is 454 g/mol. The molecule has 2 aliphatic rings. The Hall–Kier alpha value is -3.47. The Balaban J connectivity index is 1.36. The smallest absolute Gasteiger partial charge is 0.246 e. The van der Waals surface area contributed by atoms with E-state index in [2.05, 4.69) is 43.9 Å². The molecular formula is C22H27FN8O2. The molecule has 33 heavy (non-hydrogen) atoms. The number of ether oxygens (including phenoxy) is 1. The van der Waals surface area contributed by atoms with Gasteiger partial charge in [0.25, 0.3) is 0 Å². The molecule has 1 amide bonds. The lowest BCUT2D eigenvalue weighted by molar-refractivity contribution is -0.130. The van der Waals surface area contributed by atoms with Crippen LogP contribution in [-0.4, -0.2) is 85.9 Å². The minimum absolute atomic E-state index is 0.132. The lowest BCUT2D eigenvalue weighted by Crippen LogP contribution is -2.49. The maximum atomic E-state index is 14.7. The molecule has 2 N–H and O–H groups in total. The van der Waals surface area contributed by atoms with E-state index < -0.39 is 12.3 Å². The normalized spacial score (nSPS) is 23.7. The molecule has 3 aromatic heterocycles. The minimum atomic E-state index is -1.21. The minimum Gasteiger partial charge on any atom is -0.469 e. The van der Waals surface area contributed by atoms with Crippen molar-refractivity contribution in [1.82, 2.24) is 34.5 Å². The van der Waals surface area contributed by atoms with Gasteiger partial charge in [-0.2, -0.15) is 15.1 Å². The molecule has 3 atom stereocenters. The molecule has 5 heterocycles. The first-order valence-electron chi connectivity index (χ1n) is 11.1. The number of likely N-dealkylation sites (N-methyl/N-ethyl adjacent to an activating group) is 1. The third-order valence-electron chi connectivity index (χ3n) is 6.21. The SMILES string of the molecule is C=CC(=O)N1CC[C@@H](F)[C@@H](Oc2nc(Nc3cnn([C@@H]4CCN(C)C4)c3)nc3[nH]ccc23)C1. The van der Waals surface area contributed by atoms with Crippen molar-refractivity contribution in [3.8, 4) is 5.88 Å². The molecular weight excluding hydrogens is 427 g/mol. The predicted molar refractivity (Wildman–Crippen MR) is 121 cm³/mol. The van der Waals surface area contributed by atoms with Crippen molar-refractivity contribution in [3.05, 3.63) is 37.3 Å². The number of aromatic amines is 1. The fourth-order valence-corrected chi connectivity index (χ4v) is 4.39. The first-order chi connectivity index (χ1) is 16.0. The number of halogens is 1. The molecule has 10 nitrogen and oxygen atoms in total. The van der Waals surface area contributed by atoms with Crippen LogP contribution in [0.25, 0.3) is 11.0 Å². The van der Waals surface area contributed by atoms with E-state index in [1.165, 1.54) is 11.0 Å². The fourth-order valence-electron chi connectivity index (χ4n) is 4.39. The molecule has 2 fully saturated rings. The zero-order valence-electron chi connectivity index (χ0n) is 18.4. The largest absolute Gasteiger partial charge is 0.469 e. The van der Waals surface area contributed by atoms with Gasteiger partial charge in [-0.15, -0.1) is 0 Å². The van der Waals surface area contributed by atoms with Gasteiger partial charge in [-0.05, 0) is 38.6 Å². The summed E-state index contributed by atoms with van der Waals surface area (Å²) in [6, 6.07) is 2.12. The van der Waals surface area contributed by atoms with Crippen molar-refractivity contribution < 1.29 is 13.9 Å². The molecule has 0 aliphatic carbocycles. The molecule has 0 unspecified atom stereocenters. The summed E-state index contributed by atoms with van der Waals surface area (Å²) in [7, 11) is 2.10. The van der Waals surface area contributed by atoms with Crippen molar-refractivity contribution in [2.75, 3.05) is 38.5 Å². The Labute approximate surface area is 190 Å². The zero-order chi connectivity index (χ0) is 22.9. The Bertz CT molecular complexity index is 1160. The van der Waals surface area contributed by atoms with E-state index >= 15 is 0 Å². The highest BCUT2D eigenvalue weighted by molar-refractivity contribution is 5.87. The second kappa shape index (κ2) is 8.81. The number of rotatable bonds is 6. The second-order valence-corrected chi connectivity index (χ2v) is 8.58. The molecule has 2 saturated heterocycles. The van der Waals surface area contributed by atoms with Crippen LogP contribution >= 0.6 is 0 Å². The molecule has 11 heteroatoms. The highest BCUT2D eigenvalue weighted by Crippen LogP contribution is 2.29. The Morgan fingerprint density at radius 3 is 3.00 bits per heavy atom. The lowest BCUT2D eigenvalue weighted by Gasteiger charge is -2.34. The number of nitrogens with one attached hydrogen (secondary N) is 2. The molecule has 0 bridgehead atoms. The number of nitrogens with zero attached hydrogens (tertiary/aromatic N) is 6. The van der Waals surface area contributed by atoms with Gasteiger partial charge in [0, 0.05) is 25.5 Å². The number of likely N-dealkylation sites (tertiary alicyclic amines) is 2. The van der Waals surface area contributed by atoms with E-state index in [1.54, 1.807) is 18.5 Å². The Kier molecular flexibility index (Phi) is 5.71. The van der Waals surface area contributed by atoms with Crippen LogP contribution < -0.4 is 10.1 Å². The molecule has 2 aliphatic heterocycles. The number of fused-ring (bicyclic) bond motifs is 1. The van der Waals surface area contributed by atoms with Crippen molar-refractivity contribution >= 4 is 28.6 Å². The van der Waals surface area contributed by atoms with Gasteiger partial charge in [0.1, 0.15) is 17.9 Å². The third-order valence-corrected chi connectivity index (χ3v) is 6.21. The fraction of sp³-hybridized carbons (Fsp3) is 0.455. The van der Waals surface area contributed by atoms with Crippen molar-refractivity contribution in [2.45, 2.75) is 31.2 Å². The van der Waals surface area contributed by atoms with Crippen LogP contribution in [0.3, 0.4) is 0 Å². The number of H-pyrrole nitrogens is 1. The molecule has 0 aromatic carbocycles. The van der Waals surface area contributed by atoms with E-state index in [-0.39, 0.29) is 24.8 Å². The van der Waals surface area contributed by atoms with Crippen LogP contribution in [-0.2, 0) is 4.79 Å². The van der Waals surface area contributed by atoms with Gasteiger partial charge < -0.3 is 24.8 Å². The van der Waals surface area contributed by atoms with E-state index in [0.717, 1.165) is 25.2 Å². The van der Waals surface area contributed by atoms with Crippen molar-refractivity contribution in [2.24, 2.45) is 0 Å². The first kappa shape index (κ1) is 21.4. The molecule has 5 rings (SSSR count). The summed E-state index contributed by atoms with van der Waals surface area (Å²) in [5, 5.41) is 8.30. The van der Waals surface area contributed by atoms with Crippen LogP contribution in [0.2, 0.25) is 0 Å². The van der Waals surface area contributed by atoms with Gasteiger partial charge >= 0.3 is 0 Å². The van der Waals surface area contributed by atoms with Crippen LogP contribution in [0.15, 0.2) is 37.3 Å². The summed E-state index contributed by atoms with van der Waals surface area (Å²) in [6.45, 7) is 5.99. The first-order valence-corrected chi connectivity index (χ1v) is 11.1. The number of carbonyl (C=O) groups is 1. The van der Waals surface area contributed by atoms with Crippen molar-refractivity contribution in [3.63, 3.8) is 0 Å². The number of anilines is 2. The highest BCUT2D eigenvalue weighted by Gasteiger charge is 2.33. The summed E-state index contributed by atoms with van der Waals surface area (Å²) in [5.74, 6) is 0.334. The summed E-state index contributed by atoms with van der Waals surface area (Å²) >= 11 is 0. The number of carbonyl (C=O) groups excluding carboxylic acids is 1.